The van der Waals surface area contributed by atoms with Gasteiger partial charge in [-0.1, -0.05) is 6.92 Å². The summed E-state index contributed by atoms with van der Waals surface area (Å²) in [5, 5.41) is 0. The molecular formula is C18H17FN2O4. The van der Waals surface area contributed by atoms with Crippen LogP contribution < -0.4 is 15.2 Å². The molecule has 0 N–H and O–H groups in total. The zero-order valence-corrected chi connectivity index (χ0v) is 13.7. The van der Waals surface area contributed by atoms with E-state index >= 15 is 0 Å². The molecule has 0 unspecified atom stereocenters. The van der Waals surface area contributed by atoms with Crippen molar-refractivity contribution in [3.63, 3.8) is 0 Å². The number of anilines is 1. The first-order valence-electron chi connectivity index (χ1n) is 7.96. The van der Waals surface area contributed by atoms with E-state index in [4.69, 9.17) is 4.74 Å². The molecule has 0 radical (unpaired) electrons. The maximum Gasteiger partial charge on any atom is 0.265 e. The number of carbonyl (C=O) groups excluding carboxylic acids is 2. The number of hydrogen-bond donors (Lipinski definition) is 0. The molecule has 0 saturated heterocycles. The fourth-order valence-electron chi connectivity index (χ4n) is 2.72. The Balaban J connectivity index is 1.90. The van der Waals surface area contributed by atoms with Crippen LogP contribution in [0, 0.1) is 5.82 Å². The van der Waals surface area contributed by atoms with Crippen molar-refractivity contribution >= 4 is 17.4 Å². The molecule has 6 nitrogen and oxygen atoms in total. The first kappa shape index (κ1) is 16.9. The highest BCUT2D eigenvalue weighted by atomic mass is 19.1. The van der Waals surface area contributed by atoms with Gasteiger partial charge in [-0.3, -0.25) is 14.4 Å². The van der Waals surface area contributed by atoms with Gasteiger partial charge in [0.15, 0.2) is 12.4 Å². The number of ketones is 1. The van der Waals surface area contributed by atoms with Crippen LogP contribution in [0.3, 0.4) is 0 Å². The van der Waals surface area contributed by atoms with Crippen LogP contribution in [-0.4, -0.2) is 29.4 Å². The third-order valence-electron chi connectivity index (χ3n) is 3.93. The zero-order valence-electron chi connectivity index (χ0n) is 13.7. The van der Waals surface area contributed by atoms with Crippen molar-refractivity contribution in [2.45, 2.75) is 19.9 Å². The zero-order chi connectivity index (χ0) is 18.0. The highest BCUT2D eigenvalue weighted by Crippen LogP contribution is 2.33. The number of halogens is 1. The largest absolute Gasteiger partial charge is 0.482 e. The number of fused-ring (bicyclic) bond motifs is 1. The minimum atomic E-state index is -0.592. The molecule has 0 spiro atoms. The molecule has 1 aromatic carbocycles. The normalized spacial score (nSPS) is 13.4. The number of hydrogen-bond acceptors (Lipinski definition) is 4. The average Bonchev–Trinajstić information content (AvgIpc) is 2.60. The third-order valence-corrected chi connectivity index (χ3v) is 3.93. The van der Waals surface area contributed by atoms with E-state index in [1.165, 1.54) is 0 Å². The summed E-state index contributed by atoms with van der Waals surface area (Å²) in [5.41, 5.74) is 0.406. The summed E-state index contributed by atoms with van der Waals surface area (Å²) in [6.07, 6.45) is 1.76. The highest BCUT2D eigenvalue weighted by molar-refractivity contribution is 6.01. The van der Waals surface area contributed by atoms with Gasteiger partial charge in [0, 0.05) is 24.4 Å². The number of ether oxygens (including phenoxy) is 1. The Morgan fingerprint density at radius 1 is 1.24 bits per heavy atom. The van der Waals surface area contributed by atoms with E-state index in [-0.39, 0.29) is 24.8 Å². The summed E-state index contributed by atoms with van der Waals surface area (Å²) in [7, 11) is 0. The second-order valence-corrected chi connectivity index (χ2v) is 5.75. The number of aromatic nitrogens is 1. The summed E-state index contributed by atoms with van der Waals surface area (Å²) in [6, 6.07) is 6.91. The Bertz CT molecular complexity index is 891. The molecule has 0 bridgehead atoms. The second-order valence-electron chi connectivity index (χ2n) is 5.75. The lowest BCUT2D eigenvalue weighted by molar-refractivity contribution is -0.121. The minimum absolute atomic E-state index is 0.0288. The average molecular weight is 344 g/mol. The van der Waals surface area contributed by atoms with E-state index in [1.54, 1.807) is 23.1 Å². The van der Waals surface area contributed by atoms with Gasteiger partial charge >= 0.3 is 0 Å². The molecule has 2 heterocycles. The second kappa shape index (κ2) is 6.88. The molecule has 1 aliphatic rings. The van der Waals surface area contributed by atoms with Crippen LogP contribution in [0.25, 0.3) is 0 Å². The summed E-state index contributed by atoms with van der Waals surface area (Å²) in [4.78, 5) is 37.8. The lowest BCUT2D eigenvalue weighted by atomic mass is 10.1. The van der Waals surface area contributed by atoms with Crippen LogP contribution in [-0.2, 0) is 11.3 Å². The Labute approximate surface area is 143 Å². The van der Waals surface area contributed by atoms with Crippen LogP contribution in [0.15, 0.2) is 41.3 Å². The lowest BCUT2D eigenvalue weighted by Gasteiger charge is -2.29. The lowest BCUT2D eigenvalue weighted by Crippen LogP contribution is -2.39. The van der Waals surface area contributed by atoms with Gasteiger partial charge in [0.1, 0.15) is 11.6 Å². The molecule has 0 aliphatic carbocycles. The first-order chi connectivity index (χ1) is 12.0. The van der Waals surface area contributed by atoms with Gasteiger partial charge in [-0.15, -0.1) is 0 Å². The predicted molar refractivity (Wildman–Crippen MR) is 89.6 cm³/mol. The van der Waals surface area contributed by atoms with Crippen molar-refractivity contribution in [2.75, 3.05) is 18.1 Å². The van der Waals surface area contributed by atoms with Crippen LogP contribution in [0.5, 0.6) is 5.75 Å². The van der Waals surface area contributed by atoms with Crippen LogP contribution in [0.1, 0.15) is 23.7 Å². The molecule has 1 amide bonds. The van der Waals surface area contributed by atoms with Crippen LogP contribution in [0.4, 0.5) is 10.1 Å². The van der Waals surface area contributed by atoms with Crippen LogP contribution in [0.2, 0.25) is 0 Å². The van der Waals surface area contributed by atoms with Gasteiger partial charge in [-0.25, -0.2) is 4.39 Å². The SMILES string of the molecule is CCCN1C(=O)COc2ccc(C(=O)Cn3cc(F)ccc3=O)cc21. The maximum atomic E-state index is 13.3. The fourth-order valence-corrected chi connectivity index (χ4v) is 2.72. The fraction of sp³-hybridized carbons (Fsp3) is 0.278. The molecule has 2 aromatic rings. The molecule has 130 valence electrons. The standard InChI is InChI=1S/C18H17FN2O4/c1-2-7-21-14-8-12(3-5-16(14)25-11-18(21)24)15(22)10-20-9-13(19)4-6-17(20)23/h3-6,8-9H,2,7,10-11H2,1H3. The highest BCUT2D eigenvalue weighted by Gasteiger charge is 2.25. The number of Topliss-reactive ketones (excluding diaryl/α,β-unsaturated/α-hetero) is 1. The topological polar surface area (TPSA) is 68.6 Å². The van der Waals surface area contributed by atoms with Gasteiger partial charge in [0.25, 0.3) is 11.5 Å². The van der Waals surface area contributed by atoms with Crippen molar-refractivity contribution in [1.82, 2.24) is 4.57 Å². The van der Waals surface area contributed by atoms with Crippen molar-refractivity contribution in [1.29, 1.82) is 0 Å². The molecule has 0 atom stereocenters. The van der Waals surface area contributed by atoms with E-state index in [1.807, 2.05) is 6.92 Å². The molecule has 25 heavy (non-hydrogen) atoms. The van der Waals surface area contributed by atoms with Gasteiger partial charge in [-0.2, -0.15) is 0 Å². The molecule has 1 aromatic heterocycles. The molecule has 0 fully saturated rings. The van der Waals surface area contributed by atoms with E-state index in [0.717, 1.165) is 29.3 Å². The predicted octanol–water partition coefficient (Wildman–Crippen LogP) is 2.01. The summed E-state index contributed by atoms with van der Waals surface area (Å²) in [5.74, 6) is -0.580. The van der Waals surface area contributed by atoms with Crippen molar-refractivity contribution in [3.05, 3.63) is 58.3 Å². The van der Waals surface area contributed by atoms with E-state index in [9.17, 15) is 18.8 Å². The van der Waals surface area contributed by atoms with Gasteiger partial charge in [-0.05, 0) is 30.7 Å². The molecule has 7 heteroatoms. The quantitative estimate of drug-likeness (QED) is 0.778. The Kier molecular flexibility index (Phi) is 4.65. The number of carbonyl (C=O) groups is 2. The molecular weight excluding hydrogens is 327 g/mol. The smallest absolute Gasteiger partial charge is 0.265 e. The minimum Gasteiger partial charge on any atom is -0.482 e. The molecule has 0 saturated carbocycles. The number of benzene rings is 1. The number of amides is 1. The van der Waals surface area contributed by atoms with E-state index < -0.39 is 11.4 Å². The van der Waals surface area contributed by atoms with Crippen molar-refractivity contribution in [2.24, 2.45) is 0 Å². The molecule has 3 rings (SSSR count). The van der Waals surface area contributed by atoms with Gasteiger partial charge in [0.05, 0.1) is 12.2 Å². The van der Waals surface area contributed by atoms with Crippen molar-refractivity contribution in [3.8, 4) is 5.75 Å². The first-order valence-corrected chi connectivity index (χ1v) is 7.96. The van der Waals surface area contributed by atoms with E-state index in [0.29, 0.717) is 23.5 Å². The van der Waals surface area contributed by atoms with Gasteiger partial charge < -0.3 is 14.2 Å². The Hall–Kier alpha value is -2.96. The summed E-state index contributed by atoms with van der Waals surface area (Å²) in [6.45, 7) is 2.17. The van der Waals surface area contributed by atoms with E-state index in [2.05, 4.69) is 0 Å². The van der Waals surface area contributed by atoms with Crippen LogP contribution >= 0.6 is 0 Å². The third kappa shape index (κ3) is 3.45. The molecule has 1 aliphatic heterocycles. The van der Waals surface area contributed by atoms with Gasteiger partial charge in [0.2, 0.25) is 0 Å². The Morgan fingerprint density at radius 3 is 2.80 bits per heavy atom. The summed E-state index contributed by atoms with van der Waals surface area (Å²) >= 11 is 0. The van der Waals surface area contributed by atoms with Crippen molar-refractivity contribution < 1.29 is 18.7 Å². The number of pyridine rings is 1. The number of rotatable bonds is 5. The Morgan fingerprint density at radius 2 is 2.04 bits per heavy atom. The summed E-state index contributed by atoms with van der Waals surface area (Å²) < 4.78 is 19.7. The number of nitrogens with zero attached hydrogens (tertiary/aromatic N) is 2. The maximum absolute atomic E-state index is 13.3. The monoisotopic (exact) mass is 344 g/mol.